The second kappa shape index (κ2) is 15.7. The molecule has 0 radical (unpaired) electrons. The van der Waals surface area contributed by atoms with Crippen molar-refractivity contribution in [2.24, 2.45) is 17.8 Å². The van der Waals surface area contributed by atoms with Crippen LogP contribution in [0, 0.1) is 17.8 Å². The first kappa shape index (κ1) is 33.7. The third-order valence-corrected chi connectivity index (χ3v) is 8.09. The highest BCUT2D eigenvalue weighted by molar-refractivity contribution is 5.93. The summed E-state index contributed by atoms with van der Waals surface area (Å²) in [5.41, 5.74) is 1.85. The molecule has 2 aliphatic rings. The van der Waals surface area contributed by atoms with Crippen LogP contribution in [0.5, 0.6) is 5.75 Å². The maximum absolute atomic E-state index is 13.5. The van der Waals surface area contributed by atoms with E-state index >= 15 is 0 Å². The minimum Gasteiger partial charge on any atom is -0.497 e. The van der Waals surface area contributed by atoms with Crippen LogP contribution in [0.15, 0.2) is 66.7 Å². The Bertz CT molecular complexity index is 1340. The van der Waals surface area contributed by atoms with Crippen LogP contribution in [0.1, 0.15) is 57.8 Å². The van der Waals surface area contributed by atoms with E-state index in [1.54, 1.807) is 32.2 Å². The van der Waals surface area contributed by atoms with Crippen LogP contribution in [-0.2, 0) is 39.8 Å². The first-order valence-electron chi connectivity index (χ1n) is 15.5. The Morgan fingerprint density at radius 1 is 0.933 bits per heavy atom. The van der Waals surface area contributed by atoms with Crippen molar-refractivity contribution in [1.29, 1.82) is 0 Å². The van der Waals surface area contributed by atoms with Crippen LogP contribution in [-0.4, -0.2) is 61.8 Å². The van der Waals surface area contributed by atoms with Crippen molar-refractivity contribution in [3.05, 3.63) is 77.9 Å². The second-order valence-electron chi connectivity index (χ2n) is 12.2. The van der Waals surface area contributed by atoms with Crippen molar-refractivity contribution >= 4 is 23.8 Å². The lowest BCUT2D eigenvalue weighted by molar-refractivity contribution is -0.176. The van der Waals surface area contributed by atoms with Gasteiger partial charge in [-0.05, 0) is 41.7 Å². The predicted octanol–water partition coefficient (Wildman–Crippen LogP) is 4.08. The molecule has 10 nitrogen and oxygen atoms in total. The van der Waals surface area contributed by atoms with Gasteiger partial charge in [0, 0.05) is 25.3 Å². The third kappa shape index (κ3) is 9.65. The standard InChI is InChI=1S/C35H44N2O8/c1-21(2)18-29-35(41)43-28(23(4)31-32(45-31)25-10-7-6-8-11-25)12-9-13-30(38)37-27(19-24-14-16-26(42-5)17-15-24)33(39)36-20-22(3)34(40)44-29/h6-11,13-17,21-23,27-29,31-32H,12,18-20H2,1-5H3,(H,36,39)(H,37,38)/b13-9+/t22-,23+,27?,28+,29+,31-,32-/m1/s1. The van der Waals surface area contributed by atoms with Crippen molar-refractivity contribution in [3.63, 3.8) is 0 Å². The monoisotopic (exact) mass is 620 g/mol. The number of hydrogen-bond acceptors (Lipinski definition) is 8. The smallest absolute Gasteiger partial charge is 0.347 e. The van der Waals surface area contributed by atoms with Crippen molar-refractivity contribution in [1.82, 2.24) is 10.6 Å². The van der Waals surface area contributed by atoms with Gasteiger partial charge in [-0.25, -0.2) is 4.79 Å². The van der Waals surface area contributed by atoms with Crippen LogP contribution in [0.2, 0.25) is 0 Å². The lowest BCUT2D eigenvalue weighted by atomic mass is 9.93. The van der Waals surface area contributed by atoms with Crippen LogP contribution in [0.25, 0.3) is 0 Å². The van der Waals surface area contributed by atoms with Gasteiger partial charge in [0.1, 0.15) is 24.0 Å². The molecular weight excluding hydrogens is 576 g/mol. The lowest BCUT2D eigenvalue weighted by Crippen LogP contribution is -2.49. The largest absolute Gasteiger partial charge is 0.497 e. The predicted molar refractivity (Wildman–Crippen MR) is 167 cm³/mol. The molecule has 0 spiro atoms. The molecule has 1 unspecified atom stereocenters. The number of cyclic esters (lactones) is 2. The van der Waals surface area contributed by atoms with E-state index in [1.165, 1.54) is 6.08 Å². The van der Waals surface area contributed by atoms with E-state index in [9.17, 15) is 19.2 Å². The van der Waals surface area contributed by atoms with E-state index < -0.39 is 47.9 Å². The minimum absolute atomic E-state index is 0.0362. The van der Waals surface area contributed by atoms with Crippen molar-refractivity contribution in [3.8, 4) is 5.75 Å². The number of epoxide rings is 1. The molecule has 7 atom stereocenters. The fourth-order valence-corrected chi connectivity index (χ4v) is 5.31. The molecule has 45 heavy (non-hydrogen) atoms. The Morgan fingerprint density at radius 3 is 2.31 bits per heavy atom. The van der Waals surface area contributed by atoms with Crippen molar-refractivity contribution < 1.29 is 38.1 Å². The molecule has 4 rings (SSSR count). The van der Waals surface area contributed by atoms with E-state index in [4.69, 9.17) is 18.9 Å². The molecule has 1 fully saturated rings. The Kier molecular flexibility index (Phi) is 11.8. The molecule has 242 valence electrons. The van der Waals surface area contributed by atoms with E-state index in [-0.39, 0.29) is 49.9 Å². The average Bonchev–Trinajstić information content (AvgIpc) is 3.83. The maximum Gasteiger partial charge on any atom is 0.347 e. The Balaban J connectivity index is 1.57. The molecule has 2 aliphatic heterocycles. The van der Waals surface area contributed by atoms with Gasteiger partial charge in [0.05, 0.1) is 19.1 Å². The lowest BCUT2D eigenvalue weighted by Gasteiger charge is -2.27. The first-order chi connectivity index (χ1) is 21.5. The Labute approximate surface area is 264 Å². The molecule has 0 bridgehead atoms. The molecular formula is C35H44N2O8. The van der Waals surface area contributed by atoms with Crippen LogP contribution in [0.4, 0.5) is 0 Å². The number of rotatable bonds is 8. The number of benzene rings is 2. The van der Waals surface area contributed by atoms with Gasteiger partial charge >= 0.3 is 11.9 Å². The molecule has 2 N–H and O–H groups in total. The summed E-state index contributed by atoms with van der Waals surface area (Å²) in [6.45, 7) is 7.37. The van der Waals surface area contributed by atoms with Crippen molar-refractivity contribution in [2.45, 2.75) is 77.4 Å². The molecule has 10 heteroatoms. The molecule has 0 aliphatic carbocycles. The fourth-order valence-electron chi connectivity index (χ4n) is 5.31. The highest BCUT2D eigenvalue weighted by atomic mass is 16.6. The van der Waals surface area contributed by atoms with Gasteiger partial charge in [-0.1, -0.05) is 76.2 Å². The number of hydrogen-bond donors (Lipinski definition) is 2. The number of nitrogens with one attached hydrogen (secondary N) is 2. The quantitative estimate of drug-likeness (QED) is 0.333. The number of carbonyl (C=O) groups excluding carboxylic acids is 4. The highest BCUT2D eigenvalue weighted by Gasteiger charge is 2.47. The maximum atomic E-state index is 13.5. The third-order valence-electron chi connectivity index (χ3n) is 8.09. The Hall–Kier alpha value is -4.18. The summed E-state index contributed by atoms with van der Waals surface area (Å²) in [6, 6.07) is 16.1. The van der Waals surface area contributed by atoms with E-state index in [0.29, 0.717) is 5.75 Å². The summed E-state index contributed by atoms with van der Waals surface area (Å²) in [4.78, 5) is 52.8. The normalized spacial score (nSPS) is 27.9. The molecule has 2 aromatic rings. The van der Waals surface area contributed by atoms with Gasteiger partial charge in [0.2, 0.25) is 11.8 Å². The zero-order valence-corrected chi connectivity index (χ0v) is 26.6. The summed E-state index contributed by atoms with van der Waals surface area (Å²) < 4.78 is 22.9. The number of ether oxygens (including phenoxy) is 4. The zero-order chi connectivity index (χ0) is 32.5. The fraction of sp³-hybridized carbons (Fsp3) is 0.486. The number of amides is 2. The van der Waals surface area contributed by atoms with Crippen LogP contribution in [0.3, 0.4) is 0 Å². The molecule has 0 aromatic heterocycles. The summed E-state index contributed by atoms with van der Waals surface area (Å²) >= 11 is 0. The summed E-state index contributed by atoms with van der Waals surface area (Å²) in [5, 5.41) is 5.53. The van der Waals surface area contributed by atoms with Crippen molar-refractivity contribution in [2.75, 3.05) is 13.7 Å². The topological polar surface area (TPSA) is 133 Å². The molecule has 1 saturated heterocycles. The minimum atomic E-state index is -1.11. The van der Waals surface area contributed by atoms with E-state index in [2.05, 4.69) is 10.6 Å². The molecule has 2 heterocycles. The first-order valence-corrected chi connectivity index (χ1v) is 15.5. The Morgan fingerprint density at radius 2 is 1.64 bits per heavy atom. The zero-order valence-electron chi connectivity index (χ0n) is 26.6. The van der Waals surface area contributed by atoms with E-state index in [0.717, 1.165) is 11.1 Å². The second-order valence-corrected chi connectivity index (χ2v) is 12.2. The SMILES string of the molecule is COc1ccc(CC2NC(=O)/C=C/C[C@@H]([C@H](C)[C@H]3O[C@@H]3c3ccccc3)OC(=O)[C@H](CC(C)C)OC(=O)[C@H](C)CNC2=O)cc1. The molecule has 0 saturated carbocycles. The van der Waals surface area contributed by atoms with Gasteiger partial charge < -0.3 is 29.6 Å². The summed E-state index contributed by atoms with van der Waals surface area (Å²) in [5.74, 6) is -2.44. The van der Waals surface area contributed by atoms with Gasteiger partial charge in [0.15, 0.2) is 6.10 Å². The van der Waals surface area contributed by atoms with Crippen LogP contribution < -0.4 is 15.4 Å². The van der Waals surface area contributed by atoms with Gasteiger partial charge in [0.25, 0.3) is 0 Å². The summed E-state index contributed by atoms with van der Waals surface area (Å²) in [6.07, 6.45) is 1.61. The van der Waals surface area contributed by atoms with Gasteiger partial charge in [-0.15, -0.1) is 0 Å². The van der Waals surface area contributed by atoms with Crippen LogP contribution >= 0.6 is 0 Å². The van der Waals surface area contributed by atoms with E-state index in [1.807, 2.05) is 63.2 Å². The van der Waals surface area contributed by atoms with Gasteiger partial charge in [-0.2, -0.15) is 0 Å². The number of carbonyl (C=O) groups is 4. The van der Waals surface area contributed by atoms with Gasteiger partial charge in [-0.3, -0.25) is 14.4 Å². The number of methoxy groups -OCH3 is 1. The average molecular weight is 621 g/mol. The molecule has 2 aromatic carbocycles. The molecule has 2 amide bonds. The number of esters is 2. The highest BCUT2D eigenvalue weighted by Crippen LogP contribution is 2.45. The summed E-state index contributed by atoms with van der Waals surface area (Å²) in [7, 11) is 1.57.